The van der Waals surface area contributed by atoms with Crippen LogP contribution in [0.1, 0.15) is 25.7 Å². The first kappa shape index (κ1) is 12.2. The Labute approximate surface area is 111 Å². The van der Waals surface area contributed by atoms with E-state index < -0.39 is 0 Å². The van der Waals surface area contributed by atoms with Gasteiger partial charge in [-0.25, -0.2) is 0 Å². The van der Waals surface area contributed by atoms with Gasteiger partial charge in [-0.2, -0.15) is 23.5 Å². The average molecular weight is 272 g/mol. The van der Waals surface area contributed by atoms with Gasteiger partial charge < -0.3 is 4.90 Å². The topological polar surface area (TPSA) is 32.3 Å². The van der Waals surface area contributed by atoms with Crippen molar-refractivity contribution in [2.75, 3.05) is 30.5 Å². The van der Waals surface area contributed by atoms with Crippen molar-refractivity contribution in [2.24, 2.45) is 0 Å². The molecule has 3 rings (SSSR count). The lowest BCUT2D eigenvalue weighted by molar-refractivity contribution is -0.132. The highest BCUT2D eigenvalue weighted by Gasteiger charge is 2.48. The number of carbonyl (C=O) groups excluding carboxylic acids is 1. The number of nitrogens with zero attached hydrogens (tertiary/aromatic N) is 1. The summed E-state index contributed by atoms with van der Waals surface area (Å²) in [5.74, 6) is 4.11. The fourth-order valence-corrected chi connectivity index (χ4v) is 5.78. The average Bonchev–Trinajstić information content (AvgIpc) is 2.95. The first-order valence-electron chi connectivity index (χ1n) is 6.54. The van der Waals surface area contributed by atoms with Gasteiger partial charge in [-0.1, -0.05) is 12.8 Å². The lowest BCUT2D eigenvalue weighted by Gasteiger charge is -2.27. The van der Waals surface area contributed by atoms with E-state index in [0.29, 0.717) is 11.2 Å². The number of carbonyl (C=O) groups is 1. The Balaban J connectivity index is 1.59. The van der Waals surface area contributed by atoms with E-state index in [1.807, 2.05) is 23.5 Å². The molecule has 17 heavy (non-hydrogen) atoms. The van der Waals surface area contributed by atoms with Crippen LogP contribution in [-0.2, 0) is 4.79 Å². The van der Waals surface area contributed by atoms with Crippen molar-refractivity contribution in [2.45, 2.75) is 36.5 Å². The van der Waals surface area contributed by atoms with E-state index in [9.17, 15) is 4.79 Å². The van der Waals surface area contributed by atoms with Gasteiger partial charge in [-0.05, 0) is 12.8 Å². The summed E-state index contributed by atoms with van der Waals surface area (Å²) < 4.78 is 0. The molecular formula is C12H20N2OS2. The zero-order valence-corrected chi connectivity index (χ0v) is 11.7. The Morgan fingerprint density at radius 3 is 2.88 bits per heavy atom. The van der Waals surface area contributed by atoms with Gasteiger partial charge >= 0.3 is 0 Å². The van der Waals surface area contributed by atoms with Crippen molar-refractivity contribution in [1.82, 2.24) is 10.2 Å². The minimum atomic E-state index is -0.160. The molecule has 2 saturated heterocycles. The molecule has 5 heteroatoms. The Morgan fingerprint density at radius 2 is 2.18 bits per heavy atom. The zero-order valence-electron chi connectivity index (χ0n) is 10.1. The monoisotopic (exact) mass is 272 g/mol. The van der Waals surface area contributed by atoms with Gasteiger partial charge in [0.2, 0.25) is 5.91 Å². The van der Waals surface area contributed by atoms with Crippen molar-refractivity contribution < 1.29 is 4.79 Å². The van der Waals surface area contributed by atoms with Crippen LogP contribution in [-0.4, -0.2) is 52.1 Å². The molecule has 1 unspecified atom stereocenters. The minimum absolute atomic E-state index is 0.160. The lowest BCUT2D eigenvalue weighted by atomic mass is 9.98. The number of thioether (sulfide) groups is 2. The second-order valence-electron chi connectivity index (χ2n) is 5.22. The van der Waals surface area contributed by atoms with E-state index in [1.165, 1.54) is 30.1 Å². The number of nitrogens with one attached hydrogen (secondary N) is 1. The highest BCUT2D eigenvalue weighted by Crippen LogP contribution is 2.35. The van der Waals surface area contributed by atoms with Crippen molar-refractivity contribution in [3.8, 4) is 0 Å². The van der Waals surface area contributed by atoms with Crippen molar-refractivity contribution in [3.05, 3.63) is 0 Å². The number of amides is 1. The van der Waals surface area contributed by atoms with Gasteiger partial charge in [0.25, 0.3) is 0 Å². The van der Waals surface area contributed by atoms with Gasteiger partial charge in [-0.15, -0.1) is 0 Å². The molecule has 1 amide bonds. The molecule has 0 bridgehead atoms. The van der Waals surface area contributed by atoms with E-state index in [2.05, 4.69) is 10.2 Å². The van der Waals surface area contributed by atoms with Gasteiger partial charge in [0.1, 0.15) is 0 Å². The lowest BCUT2D eigenvalue weighted by Crippen LogP contribution is -2.44. The molecule has 1 spiro atoms. The van der Waals surface area contributed by atoms with E-state index in [1.54, 1.807) is 0 Å². The Hall–Kier alpha value is 0.130. The molecule has 96 valence electrons. The van der Waals surface area contributed by atoms with Crippen LogP contribution in [0, 0.1) is 0 Å². The number of hydrogen-bond acceptors (Lipinski definition) is 4. The zero-order chi connectivity index (χ0) is 11.7. The van der Waals surface area contributed by atoms with Crippen molar-refractivity contribution in [1.29, 1.82) is 0 Å². The third-order valence-corrected chi connectivity index (χ3v) is 6.90. The van der Waals surface area contributed by atoms with Crippen LogP contribution in [0.15, 0.2) is 0 Å². The first-order valence-corrected chi connectivity index (χ1v) is 8.74. The normalized spacial score (nSPS) is 32.6. The van der Waals surface area contributed by atoms with E-state index in [4.69, 9.17) is 0 Å². The number of hydrogen-bond donors (Lipinski definition) is 1. The first-order chi connectivity index (χ1) is 8.30. The maximum atomic E-state index is 12.5. The predicted molar refractivity (Wildman–Crippen MR) is 74.5 cm³/mol. The van der Waals surface area contributed by atoms with Gasteiger partial charge in [0.15, 0.2) is 0 Å². The highest BCUT2D eigenvalue weighted by atomic mass is 32.2. The Bertz CT molecular complexity index is 299. The third kappa shape index (κ3) is 2.34. The van der Waals surface area contributed by atoms with Crippen LogP contribution in [0.4, 0.5) is 0 Å². The van der Waals surface area contributed by atoms with Crippen LogP contribution >= 0.6 is 23.5 Å². The molecular weight excluding hydrogens is 252 g/mol. The Morgan fingerprint density at radius 1 is 1.35 bits per heavy atom. The van der Waals surface area contributed by atoms with E-state index in [0.717, 1.165) is 26.1 Å². The summed E-state index contributed by atoms with van der Waals surface area (Å²) in [6.07, 6.45) is 4.52. The second-order valence-corrected chi connectivity index (χ2v) is 7.78. The summed E-state index contributed by atoms with van der Waals surface area (Å²) >= 11 is 4.07. The standard InChI is InChI=1S/C12H20N2OS2/c15-11-12(3-1-2-4-12)13-9-14(11)7-10-8-16-5-6-17-10/h10,13H,1-9H2. The molecule has 1 atom stereocenters. The smallest absolute Gasteiger partial charge is 0.243 e. The third-order valence-electron chi connectivity index (χ3n) is 4.07. The van der Waals surface area contributed by atoms with Crippen LogP contribution in [0.5, 0.6) is 0 Å². The summed E-state index contributed by atoms with van der Waals surface area (Å²) in [6, 6.07) is 0. The molecule has 0 radical (unpaired) electrons. The van der Waals surface area contributed by atoms with E-state index >= 15 is 0 Å². The van der Waals surface area contributed by atoms with Gasteiger partial charge in [0, 0.05) is 29.1 Å². The number of rotatable bonds is 2. The van der Waals surface area contributed by atoms with Crippen molar-refractivity contribution in [3.63, 3.8) is 0 Å². The molecule has 0 aromatic carbocycles. The van der Waals surface area contributed by atoms with Gasteiger partial charge in [-0.3, -0.25) is 10.1 Å². The van der Waals surface area contributed by atoms with Gasteiger partial charge in [0.05, 0.1) is 12.2 Å². The quantitative estimate of drug-likeness (QED) is 0.826. The summed E-state index contributed by atoms with van der Waals surface area (Å²) in [7, 11) is 0. The molecule has 0 aromatic rings. The molecule has 0 aromatic heterocycles. The van der Waals surface area contributed by atoms with Crippen molar-refractivity contribution >= 4 is 29.4 Å². The second kappa shape index (κ2) is 5.02. The molecule has 3 fully saturated rings. The van der Waals surface area contributed by atoms with Crippen LogP contribution in [0.2, 0.25) is 0 Å². The fourth-order valence-electron chi connectivity index (χ4n) is 3.10. The highest BCUT2D eigenvalue weighted by molar-refractivity contribution is 8.06. The molecule has 3 aliphatic rings. The molecule has 1 aliphatic carbocycles. The molecule has 1 N–H and O–H groups in total. The molecule has 2 heterocycles. The molecule has 3 nitrogen and oxygen atoms in total. The Kier molecular flexibility index (Phi) is 3.59. The molecule has 2 aliphatic heterocycles. The fraction of sp³-hybridized carbons (Fsp3) is 0.917. The summed E-state index contributed by atoms with van der Waals surface area (Å²) in [6.45, 7) is 1.73. The van der Waals surface area contributed by atoms with Crippen LogP contribution in [0.25, 0.3) is 0 Å². The van der Waals surface area contributed by atoms with Crippen LogP contribution < -0.4 is 5.32 Å². The van der Waals surface area contributed by atoms with Crippen LogP contribution in [0.3, 0.4) is 0 Å². The minimum Gasteiger partial charge on any atom is -0.327 e. The van der Waals surface area contributed by atoms with E-state index in [-0.39, 0.29) is 5.54 Å². The molecule has 1 saturated carbocycles. The summed E-state index contributed by atoms with van der Waals surface area (Å²) in [5.41, 5.74) is -0.160. The summed E-state index contributed by atoms with van der Waals surface area (Å²) in [4.78, 5) is 14.5. The predicted octanol–water partition coefficient (Wildman–Crippen LogP) is 1.54. The summed E-state index contributed by atoms with van der Waals surface area (Å²) in [5, 5.41) is 4.13. The maximum Gasteiger partial charge on any atom is 0.243 e. The largest absolute Gasteiger partial charge is 0.327 e. The SMILES string of the molecule is O=C1N(CC2CSCCS2)CNC12CCCC2. The maximum absolute atomic E-state index is 12.5.